The third-order valence-corrected chi connectivity index (χ3v) is 6.51. The van der Waals surface area contributed by atoms with E-state index in [1.54, 1.807) is 0 Å². The van der Waals surface area contributed by atoms with Crippen LogP contribution in [-0.4, -0.2) is 35.3 Å². The molecule has 0 aromatic heterocycles. The quantitative estimate of drug-likeness (QED) is 0.861. The Bertz CT molecular complexity index is 758. The Balaban J connectivity index is 1.85. The largest absolute Gasteiger partial charge is 0.314 e. The van der Waals surface area contributed by atoms with Crippen LogP contribution in [0.5, 0.6) is 0 Å². The summed E-state index contributed by atoms with van der Waals surface area (Å²) in [7, 11) is -1.14. The minimum atomic E-state index is -1.14. The normalized spacial score (nSPS) is 24.6. The molecule has 120 valence electrons. The molecule has 2 aliphatic heterocycles. The van der Waals surface area contributed by atoms with Crippen LogP contribution in [-0.2, 0) is 17.2 Å². The number of fused-ring (bicyclic) bond motifs is 2. The molecular weight excluding hydrogens is 328 g/mol. The van der Waals surface area contributed by atoms with Crippen LogP contribution in [0.25, 0.3) is 0 Å². The molecule has 2 unspecified atom stereocenters. The molecule has 4 rings (SSSR count). The van der Waals surface area contributed by atoms with E-state index >= 15 is 0 Å². The van der Waals surface area contributed by atoms with Gasteiger partial charge in [0.15, 0.2) is 0 Å². The summed E-state index contributed by atoms with van der Waals surface area (Å²) in [6.07, 6.45) is 0.860. The molecule has 2 aromatic rings. The van der Waals surface area contributed by atoms with Crippen LogP contribution in [0.15, 0.2) is 52.3 Å². The van der Waals surface area contributed by atoms with Crippen molar-refractivity contribution in [2.24, 2.45) is 0 Å². The smallest absolute Gasteiger partial charge is 0.0855 e. The molecule has 0 spiro atoms. The van der Waals surface area contributed by atoms with Crippen molar-refractivity contribution in [3.05, 3.63) is 58.6 Å². The van der Waals surface area contributed by atoms with Gasteiger partial charge in [0.1, 0.15) is 0 Å². The van der Waals surface area contributed by atoms with Crippen molar-refractivity contribution in [3.8, 4) is 0 Å². The summed E-state index contributed by atoms with van der Waals surface area (Å²) < 4.78 is 13.1. The molecule has 2 atom stereocenters. The third-order valence-electron chi connectivity index (χ3n) is 4.71. The molecule has 3 nitrogen and oxygen atoms in total. The molecule has 5 heteroatoms. The van der Waals surface area contributed by atoms with Crippen LogP contribution >= 0.6 is 11.6 Å². The van der Waals surface area contributed by atoms with Crippen molar-refractivity contribution in [1.29, 1.82) is 0 Å². The first-order chi connectivity index (χ1) is 11.2. The fourth-order valence-corrected chi connectivity index (χ4v) is 5.19. The van der Waals surface area contributed by atoms with Crippen LogP contribution in [0.4, 0.5) is 0 Å². The first kappa shape index (κ1) is 15.3. The Hall–Kier alpha value is -1.20. The average Bonchev–Trinajstić information content (AvgIpc) is 2.71. The summed E-state index contributed by atoms with van der Waals surface area (Å²) in [6, 6.07) is 14.2. The van der Waals surface area contributed by atoms with Gasteiger partial charge in [0.25, 0.3) is 0 Å². The van der Waals surface area contributed by atoms with Gasteiger partial charge in [0.2, 0.25) is 0 Å². The Labute approximate surface area is 144 Å². The van der Waals surface area contributed by atoms with Crippen LogP contribution in [0.3, 0.4) is 0 Å². The molecule has 23 heavy (non-hydrogen) atoms. The maximum Gasteiger partial charge on any atom is 0.0855 e. The highest BCUT2D eigenvalue weighted by Crippen LogP contribution is 2.37. The molecule has 0 bridgehead atoms. The fraction of sp³-hybridized carbons (Fsp3) is 0.333. The van der Waals surface area contributed by atoms with E-state index in [9.17, 15) is 4.21 Å². The van der Waals surface area contributed by atoms with Gasteiger partial charge in [-0.3, -0.25) is 4.90 Å². The van der Waals surface area contributed by atoms with Gasteiger partial charge in [-0.2, -0.15) is 0 Å². The molecule has 2 aliphatic rings. The van der Waals surface area contributed by atoms with Crippen molar-refractivity contribution in [1.82, 2.24) is 10.2 Å². The number of halogens is 1. The summed E-state index contributed by atoms with van der Waals surface area (Å²) >= 11 is 6.20. The molecular formula is C18H19ClN2OS. The third kappa shape index (κ3) is 2.85. The standard InChI is InChI=1S/C18H19ClN2OS/c19-14-5-6-17-13(11-14)12-16(21-9-7-20-8-10-21)15-3-1-2-4-18(15)23(17)22/h1-6,11,16,20H,7-10,12H2. The van der Waals surface area contributed by atoms with E-state index < -0.39 is 10.8 Å². The number of piperazine rings is 1. The van der Waals surface area contributed by atoms with E-state index in [0.29, 0.717) is 5.02 Å². The highest BCUT2D eigenvalue weighted by atomic mass is 35.5. The molecule has 0 saturated carbocycles. The molecule has 1 fully saturated rings. The van der Waals surface area contributed by atoms with Gasteiger partial charge in [-0.1, -0.05) is 29.8 Å². The number of hydrogen-bond acceptors (Lipinski definition) is 3. The van der Waals surface area contributed by atoms with Crippen LogP contribution in [0.2, 0.25) is 5.02 Å². The van der Waals surface area contributed by atoms with E-state index in [1.807, 2.05) is 36.4 Å². The van der Waals surface area contributed by atoms with Crippen molar-refractivity contribution in [3.63, 3.8) is 0 Å². The minimum absolute atomic E-state index is 0.261. The predicted octanol–water partition coefficient (Wildman–Crippen LogP) is 3.01. The number of nitrogens with one attached hydrogen (secondary N) is 1. The zero-order valence-electron chi connectivity index (χ0n) is 12.8. The SMILES string of the molecule is O=S1c2ccc(Cl)cc2CC(N2CCNCC2)c2ccccc21. The summed E-state index contributed by atoms with van der Waals surface area (Å²) in [5.74, 6) is 0. The van der Waals surface area contributed by atoms with Gasteiger partial charge in [-0.15, -0.1) is 0 Å². The van der Waals surface area contributed by atoms with E-state index in [4.69, 9.17) is 11.6 Å². The second kappa shape index (κ2) is 6.36. The molecule has 0 aliphatic carbocycles. The Morgan fingerprint density at radius 2 is 1.87 bits per heavy atom. The van der Waals surface area contributed by atoms with Gasteiger partial charge in [0.05, 0.1) is 10.8 Å². The van der Waals surface area contributed by atoms with Gasteiger partial charge < -0.3 is 5.32 Å². The zero-order valence-corrected chi connectivity index (χ0v) is 14.4. The van der Waals surface area contributed by atoms with Crippen LogP contribution < -0.4 is 5.32 Å². The van der Waals surface area contributed by atoms with Gasteiger partial charge in [0, 0.05) is 47.0 Å². The topological polar surface area (TPSA) is 32.3 Å². The highest BCUT2D eigenvalue weighted by molar-refractivity contribution is 7.85. The molecule has 2 aromatic carbocycles. The maximum absolute atomic E-state index is 13.1. The van der Waals surface area contributed by atoms with Crippen LogP contribution in [0.1, 0.15) is 17.2 Å². The van der Waals surface area contributed by atoms with E-state index in [-0.39, 0.29) is 6.04 Å². The van der Waals surface area contributed by atoms with Gasteiger partial charge in [-0.25, -0.2) is 4.21 Å². The molecule has 0 amide bonds. The maximum atomic E-state index is 13.1. The van der Waals surface area contributed by atoms with Gasteiger partial charge >= 0.3 is 0 Å². The van der Waals surface area contributed by atoms with Crippen molar-refractivity contribution in [2.75, 3.05) is 26.2 Å². The highest BCUT2D eigenvalue weighted by Gasteiger charge is 2.30. The average molecular weight is 347 g/mol. The lowest BCUT2D eigenvalue weighted by Gasteiger charge is -2.35. The van der Waals surface area contributed by atoms with Crippen LogP contribution in [0, 0.1) is 0 Å². The molecule has 1 saturated heterocycles. The Morgan fingerprint density at radius 1 is 1.09 bits per heavy atom. The Morgan fingerprint density at radius 3 is 2.70 bits per heavy atom. The van der Waals surface area contributed by atoms with Gasteiger partial charge in [-0.05, 0) is 41.8 Å². The Kier molecular flexibility index (Phi) is 4.24. The summed E-state index contributed by atoms with van der Waals surface area (Å²) in [4.78, 5) is 4.35. The van der Waals surface area contributed by atoms with Crippen molar-refractivity contribution >= 4 is 22.4 Å². The minimum Gasteiger partial charge on any atom is -0.314 e. The lowest BCUT2D eigenvalue weighted by molar-refractivity contribution is 0.170. The summed E-state index contributed by atoms with van der Waals surface area (Å²) in [5, 5.41) is 4.12. The molecule has 1 N–H and O–H groups in total. The first-order valence-electron chi connectivity index (χ1n) is 7.98. The van der Waals surface area contributed by atoms with Crippen molar-refractivity contribution < 1.29 is 4.21 Å². The number of hydrogen-bond donors (Lipinski definition) is 1. The molecule has 2 heterocycles. The lowest BCUT2D eigenvalue weighted by Crippen LogP contribution is -2.45. The number of nitrogens with zero attached hydrogens (tertiary/aromatic N) is 1. The first-order valence-corrected chi connectivity index (χ1v) is 9.51. The second-order valence-corrected chi connectivity index (χ2v) is 7.92. The predicted molar refractivity (Wildman–Crippen MR) is 93.5 cm³/mol. The van der Waals surface area contributed by atoms with E-state index in [0.717, 1.165) is 48.0 Å². The fourth-order valence-electron chi connectivity index (χ4n) is 3.57. The van der Waals surface area contributed by atoms with E-state index in [2.05, 4.69) is 16.3 Å². The molecule has 0 radical (unpaired) electrons. The number of benzene rings is 2. The zero-order chi connectivity index (χ0) is 15.8. The monoisotopic (exact) mass is 346 g/mol. The second-order valence-electron chi connectivity index (χ2n) is 6.06. The summed E-state index contributed by atoms with van der Waals surface area (Å²) in [6.45, 7) is 4.04. The number of rotatable bonds is 1. The summed E-state index contributed by atoms with van der Waals surface area (Å²) in [5.41, 5.74) is 2.30. The van der Waals surface area contributed by atoms with Crippen molar-refractivity contribution in [2.45, 2.75) is 22.3 Å². The lowest BCUT2D eigenvalue weighted by atomic mass is 9.97. The van der Waals surface area contributed by atoms with E-state index in [1.165, 1.54) is 5.56 Å².